The minimum Gasteiger partial charge on any atom is -0.493 e. The molecule has 19 heavy (non-hydrogen) atoms. The van der Waals surface area contributed by atoms with Gasteiger partial charge in [-0.1, -0.05) is 0 Å². The van der Waals surface area contributed by atoms with E-state index in [1.807, 2.05) is 19.2 Å². The zero-order valence-corrected chi connectivity index (χ0v) is 11.1. The zero-order valence-electron chi connectivity index (χ0n) is 11.1. The first-order chi connectivity index (χ1) is 9.26. The van der Waals surface area contributed by atoms with E-state index in [4.69, 9.17) is 14.7 Å². The summed E-state index contributed by atoms with van der Waals surface area (Å²) in [6.07, 6.45) is 2.80. The van der Waals surface area contributed by atoms with Crippen molar-refractivity contribution in [1.29, 1.82) is 5.26 Å². The van der Waals surface area contributed by atoms with Gasteiger partial charge in [0.15, 0.2) is 0 Å². The SMILES string of the molecule is CNC1COc2cc(OCC3(CC#N)CC3)ccc21. The fraction of sp³-hybridized carbons (Fsp3) is 0.533. The number of hydrogen-bond donors (Lipinski definition) is 1. The van der Waals surface area contributed by atoms with Gasteiger partial charge in [-0.2, -0.15) is 5.26 Å². The van der Waals surface area contributed by atoms with Gasteiger partial charge in [0.25, 0.3) is 0 Å². The molecule has 0 bridgehead atoms. The van der Waals surface area contributed by atoms with Crippen LogP contribution in [0.4, 0.5) is 0 Å². The number of rotatable bonds is 5. The van der Waals surface area contributed by atoms with E-state index in [2.05, 4.69) is 17.5 Å². The first-order valence-electron chi connectivity index (χ1n) is 6.70. The Balaban J connectivity index is 1.66. The number of likely N-dealkylation sites (N-methyl/N-ethyl adjacent to an activating group) is 1. The van der Waals surface area contributed by atoms with Crippen molar-refractivity contribution in [2.24, 2.45) is 5.41 Å². The molecule has 1 atom stereocenters. The molecule has 1 N–H and O–H groups in total. The monoisotopic (exact) mass is 258 g/mol. The lowest BCUT2D eigenvalue weighted by Crippen LogP contribution is -2.17. The number of nitrogens with zero attached hydrogens (tertiary/aromatic N) is 1. The molecule has 1 aromatic rings. The minimum absolute atomic E-state index is 0.113. The van der Waals surface area contributed by atoms with Crippen molar-refractivity contribution in [1.82, 2.24) is 5.32 Å². The van der Waals surface area contributed by atoms with Gasteiger partial charge in [-0.25, -0.2) is 0 Å². The number of hydrogen-bond acceptors (Lipinski definition) is 4. The highest BCUT2D eigenvalue weighted by molar-refractivity contribution is 5.45. The molecular weight excluding hydrogens is 240 g/mol. The van der Waals surface area contributed by atoms with E-state index in [0.717, 1.165) is 24.3 Å². The van der Waals surface area contributed by atoms with Crippen LogP contribution >= 0.6 is 0 Å². The third kappa shape index (κ3) is 2.39. The summed E-state index contributed by atoms with van der Waals surface area (Å²) >= 11 is 0. The Morgan fingerprint density at radius 3 is 3.05 bits per heavy atom. The molecule has 0 radical (unpaired) electrons. The average Bonchev–Trinajstić information content (AvgIpc) is 3.07. The summed E-state index contributed by atoms with van der Waals surface area (Å²) in [5.74, 6) is 1.74. The van der Waals surface area contributed by atoms with Gasteiger partial charge in [-0.3, -0.25) is 0 Å². The number of benzene rings is 1. The van der Waals surface area contributed by atoms with Crippen molar-refractivity contribution in [2.75, 3.05) is 20.3 Å². The fourth-order valence-corrected chi connectivity index (χ4v) is 2.47. The van der Waals surface area contributed by atoms with Gasteiger partial charge in [0.2, 0.25) is 0 Å². The van der Waals surface area contributed by atoms with Crippen molar-refractivity contribution in [3.05, 3.63) is 23.8 Å². The van der Waals surface area contributed by atoms with Crippen LogP contribution < -0.4 is 14.8 Å². The van der Waals surface area contributed by atoms with Crippen molar-refractivity contribution in [2.45, 2.75) is 25.3 Å². The largest absolute Gasteiger partial charge is 0.493 e. The topological polar surface area (TPSA) is 54.3 Å². The number of fused-ring (bicyclic) bond motifs is 1. The van der Waals surface area contributed by atoms with E-state index < -0.39 is 0 Å². The van der Waals surface area contributed by atoms with E-state index in [1.54, 1.807) is 0 Å². The van der Waals surface area contributed by atoms with Crippen LogP contribution in [0.5, 0.6) is 11.5 Å². The van der Waals surface area contributed by atoms with Crippen LogP contribution in [0.2, 0.25) is 0 Å². The fourth-order valence-electron chi connectivity index (χ4n) is 2.47. The summed E-state index contributed by atoms with van der Waals surface area (Å²) < 4.78 is 11.5. The standard InChI is InChI=1S/C15H18N2O2/c1-17-13-9-18-14-8-11(2-3-12(13)14)19-10-15(4-5-15)6-7-16/h2-3,8,13,17H,4-6,9-10H2,1H3. The van der Waals surface area contributed by atoms with Crippen LogP contribution in [-0.2, 0) is 0 Å². The van der Waals surface area contributed by atoms with Crippen LogP contribution in [0.1, 0.15) is 30.9 Å². The third-order valence-corrected chi connectivity index (χ3v) is 4.07. The summed E-state index contributed by atoms with van der Waals surface area (Å²) in [5.41, 5.74) is 1.30. The van der Waals surface area contributed by atoms with Gasteiger partial charge in [-0.15, -0.1) is 0 Å². The molecule has 1 aromatic carbocycles. The Kier molecular flexibility index (Phi) is 3.08. The average molecular weight is 258 g/mol. The molecule has 0 saturated heterocycles. The molecule has 1 aliphatic heterocycles. The van der Waals surface area contributed by atoms with Crippen molar-refractivity contribution in [3.8, 4) is 17.6 Å². The summed E-state index contributed by atoms with van der Waals surface area (Å²) in [4.78, 5) is 0. The van der Waals surface area contributed by atoms with Crippen LogP contribution in [0.3, 0.4) is 0 Å². The summed E-state index contributed by atoms with van der Waals surface area (Å²) in [5, 5.41) is 12.0. The Bertz CT molecular complexity index is 517. The van der Waals surface area contributed by atoms with Crippen LogP contribution in [0.25, 0.3) is 0 Å². The van der Waals surface area contributed by atoms with Crippen LogP contribution in [0, 0.1) is 16.7 Å². The van der Waals surface area contributed by atoms with Gasteiger partial charge in [0, 0.05) is 23.5 Å². The van der Waals surface area contributed by atoms with Crippen molar-refractivity contribution in [3.63, 3.8) is 0 Å². The van der Waals surface area contributed by atoms with Gasteiger partial charge in [0.05, 0.1) is 18.7 Å². The van der Waals surface area contributed by atoms with Gasteiger partial charge < -0.3 is 14.8 Å². The highest BCUT2D eigenvalue weighted by Crippen LogP contribution is 2.49. The molecule has 1 unspecified atom stereocenters. The number of nitriles is 1. The van der Waals surface area contributed by atoms with Gasteiger partial charge in [-0.05, 0) is 32.0 Å². The molecule has 1 aliphatic carbocycles. The highest BCUT2D eigenvalue weighted by Gasteiger charge is 2.43. The van der Waals surface area contributed by atoms with Crippen LogP contribution in [-0.4, -0.2) is 20.3 Å². The molecule has 4 heteroatoms. The van der Waals surface area contributed by atoms with E-state index in [9.17, 15) is 0 Å². The molecule has 0 amide bonds. The van der Waals surface area contributed by atoms with Gasteiger partial charge >= 0.3 is 0 Å². The second kappa shape index (κ2) is 4.75. The van der Waals surface area contributed by atoms with E-state index >= 15 is 0 Å². The molecule has 0 aromatic heterocycles. The molecule has 100 valence electrons. The van der Waals surface area contributed by atoms with Crippen molar-refractivity contribution >= 4 is 0 Å². The molecule has 1 saturated carbocycles. The van der Waals surface area contributed by atoms with Crippen molar-refractivity contribution < 1.29 is 9.47 Å². The quantitative estimate of drug-likeness (QED) is 0.881. The lowest BCUT2D eigenvalue weighted by molar-refractivity contribution is 0.235. The second-order valence-corrected chi connectivity index (χ2v) is 5.48. The van der Waals surface area contributed by atoms with Gasteiger partial charge in [0.1, 0.15) is 18.1 Å². The Morgan fingerprint density at radius 1 is 1.53 bits per heavy atom. The van der Waals surface area contributed by atoms with E-state index in [0.29, 0.717) is 19.6 Å². The Morgan fingerprint density at radius 2 is 2.37 bits per heavy atom. The summed E-state index contributed by atoms with van der Waals surface area (Å²) in [6, 6.07) is 8.52. The molecule has 1 heterocycles. The molecule has 4 nitrogen and oxygen atoms in total. The smallest absolute Gasteiger partial charge is 0.127 e. The maximum atomic E-state index is 8.79. The lowest BCUT2D eigenvalue weighted by Gasteiger charge is -2.13. The molecule has 1 fully saturated rings. The third-order valence-electron chi connectivity index (χ3n) is 4.07. The number of ether oxygens (including phenoxy) is 2. The van der Waals surface area contributed by atoms with E-state index in [1.165, 1.54) is 5.56 Å². The normalized spacial score (nSPS) is 22.2. The Hall–Kier alpha value is -1.73. The molecule has 2 aliphatic rings. The predicted octanol–water partition coefficient (Wildman–Crippen LogP) is 2.41. The van der Waals surface area contributed by atoms with Crippen LogP contribution in [0.15, 0.2) is 18.2 Å². The highest BCUT2D eigenvalue weighted by atomic mass is 16.5. The molecule has 0 spiro atoms. The maximum Gasteiger partial charge on any atom is 0.127 e. The minimum atomic E-state index is 0.113. The first-order valence-corrected chi connectivity index (χ1v) is 6.70. The number of nitrogens with one attached hydrogen (secondary N) is 1. The zero-order chi connectivity index (χ0) is 13.3. The lowest BCUT2D eigenvalue weighted by atomic mass is 10.1. The summed E-state index contributed by atoms with van der Waals surface area (Å²) in [7, 11) is 1.94. The second-order valence-electron chi connectivity index (χ2n) is 5.48. The maximum absolute atomic E-state index is 8.79. The first kappa shape index (κ1) is 12.3. The molecule has 3 rings (SSSR count). The molecular formula is C15H18N2O2. The van der Waals surface area contributed by atoms with E-state index in [-0.39, 0.29) is 11.5 Å². The predicted molar refractivity (Wildman–Crippen MR) is 71.1 cm³/mol. The summed E-state index contributed by atoms with van der Waals surface area (Å²) in [6.45, 7) is 1.31. The Labute approximate surface area is 113 Å².